The molecule has 1 aromatic heterocycles. The summed E-state index contributed by atoms with van der Waals surface area (Å²) in [6, 6.07) is 10.2. The summed E-state index contributed by atoms with van der Waals surface area (Å²) < 4.78 is 0. The van der Waals surface area contributed by atoms with Gasteiger partial charge in [-0.1, -0.05) is 18.2 Å². The van der Waals surface area contributed by atoms with Gasteiger partial charge in [0.25, 0.3) is 0 Å². The third-order valence-electron chi connectivity index (χ3n) is 3.39. The zero-order valence-electron chi connectivity index (χ0n) is 11.6. The highest BCUT2D eigenvalue weighted by molar-refractivity contribution is 5.79. The molecule has 0 unspecified atom stereocenters. The van der Waals surface area contributed by atoms with Crippen LogP contribution in [-0.4, -0.2) is 28.9 Å². The fourth-order valence-corrected chi connectivity index (χ4v) is 2.24. The fourth-order valence-electron chi connectivity index (χ4n) is 2.24. The van der Waals surface area contributed by atoms with Gasteiger partial charge in [-0.3, -0.25) is 9.78 Å². The monoisotopic (exact) mass is 256 g/mol. The van der Waals surface area contributed by atoms with Gasteiger partial charge in [0.05, 0.1) is 5.52 Å². The van der Waals surface area contributed by atoms with Gasteiger partial charge >= 0.3 is 0 Å². The number of amides is 1. The highest BCUT2D eigenvalue weighted by atomic mass is 16.2. The minimum atomic E-state index is 0.221. The molecule has 3 nitrogen and oxygen atoms in total. The number of nitrogens with zero attached hydrogens (tertiary/aromatic N) is 2. The van der Waals surface area contributed by atoms with Crippen molar-refractivity contribution in [1.82, 2.24) is 9.88 Å². The summed E-state index contributed by atoms with van der Waals surface area (Å²) >= 11 is 0. The van der Waals surface area contributed by atoms with Crippen molar-refractivity contribution in [2.24, 2.45) is 0 Å². The molecule has 2 rings (SSSR count). The highest BCUT2D eigenvalue weighted by Crippen LogP contribution is 2.14. The summed E-state index contributed by atoms with van der Waals surface area (Å²) in [6.45, 7) is 5.59. The van der Waals surface area contributed by atoms with Crippen LogP contribution in [0, 0.1) is 0 Å². The van der Waals surface area contributed by atoms with Crippen molar-refractivity contribution < 1.29 is 4.79 Å². The quantitative estimate of drug-likeness (QED) is 0.823. The number of hydrogen-bond donors (Lipinski definition) is 0. The van der Waals surface area contributed by atoms with Crippen molar-refractivity contribution in [1.29, 1.82) is 0 Å². The van der Waals surface area contributed by atoms with Crippen LogP contribution in [0.15, 0.2) is 36.5 Å². The lowest BCUT2D eigenvalue weighted by Gasteiger charge is -2.18. The first-order valence-corrected chi connectivity index (χ1v) is 6.86. The molecule has 0 aliphatic carbocycles. The maximum Gasteiger partial charge on any atom is 0.222 e. The van der Waals surface area contributed by atoms with E-state index in [2.05, 4.69) is 17.1 Å². The lowest BCUT2D eigenvalue weighted by Crippen LogP contribution is -2.30. The molecule has 0 saturated heterocycles. The van der Waals surface area contributed by atoms with Crippen LogP contribution in [0.4, 0.5) is 0 Å². The number of pyridine rings is 1. The van der Waals surface area contributed by atoms with Gasteiger partial charge in [0, 0.05) is 31.1 Å². The maximum atomic E-state index is 11.9. The largest absolute Gasteiger partial charge is 0.343 e. The van der Waals surface area contributed by atoms with E-state index in [1.165, 1.54) is 0 Å². The molecule has 1 amide bonds. The van der Waals surface area contributed by atoms with Crippen LogP contribution in [0.5, 0.6) is 0 Å². The summed E-state index contributed by atoms with van der Waals surface area (Å²) in [6.07, 6.45) is 3.19. The molecule has 3 heteroatoms. The molecule has 2 aromatic rings. The molecule has 0 saturated carbocycles. The first-order chi connectivity index (χ1) is 9.24. The second kappa shape index (κ2) is 6.32. The number of carbonyl (C=O) groups is 1. The number of hydrogen-bond acceptors (Lipinski definition) is 2. The van der Waals surface area contributed by atoms with Gasteiger partial charge in [-0.25, -0.2) is 0 Å². The molecule has 0 aliphatic rings. The van der Waals surface area contributed by atoms with Crippen molar-refractivity contribution in [3.05, 3.63) is 42.1 Å². The molecule has 0 radical (unpaired) electrons. The standard InChI is InChI=1S/C16H20N2O/c1-3-18(4-2)16(19)10-9-13-11-14-7-5-6-8-15(14)17-12-13/h5-8,11-12H,3-4,9-10H2,1-2H3. The number of para-hydroxylation sites is 1. The molecule has 1 aromatic carbocycles. The van der Waals surface area contributed by atoms with E-state index in [9.17, 15) is 4.79 Å². The second-order valence-electron chi connectivity index (χ2n) is 4.60. The molecule has 0 atom stereocenters. The minimum absolute atomic E-state index is 0.221. The predicted octanol–water partition coefficient (Wildman–Crippen LogP) is 3.04. The molecule has 0 aliphatic heterocycles. The molecule has 0 fully saturated rings. The Morgan fingerprint density at radius 2 is 1.95 bits per heavy atom. The first kappa shape index (κ1) is 13.5. The number of rotatable bonds is 5. The Balaban J connectivity index is 2.03. The lowest BCUT2D eigenvalue weighted by molar-refractivity contribution is -0.130. The minimum Gasteiger partial charge on any atom is -0.343 e. The van der Waals surface area contributed by atoms with Crippen molar-refractivity contribution >= 4 is 16.8 Å². The van der Waals surface area contributed by atoms with Crippen LogP contribution in [-0.2, 0) is 11.2 Å². The summed E-state index contributed by atoms with van der Waals surface area (Å²) in [4.78, 5) is 18.2. The van der Waals surface area contributed by atoms with Gasteiger partial charge in [-0.15, -0.1) is 0 Å². The van der Waals surface area contributed by atoms with Crippen LogP contribution < -0.4 is 0 Å². The SMILES string of the molecule is CCN(CC)C(=O)CCc1cnc2ccccc2c1. The Morgan fingerprint density at radius 3 is 2.68 bits per heavy atom. The van der Waals surface area contributed by atoms with Gasteiger partial charge in [0.1, 0.15) is 0 Å². The van der Waals surface area contributed by atoms with Crippen LogP contribution in [0.2, 0.25) is 0 Å². The topological polar surface area (TPSA) is 33.2 Å². The zero-order valence-corrected chi connectivity index (χ0v) is 11.6. The lowest BCUT2D eigenvalue weighted by atomic mass is 10.1. The molecule has 100 valence electrons. The number of aromatic nitrogens is 1. The third-order valence-corrected chi connectivity index (χ3v) is 3.39. The van der Waals surface area contributed by atoms with E-state index >= 15 is 0 Å². The first-order valence-electron chi connectivity index (χ1n) is 6.86. The highest BCUT2D eigenvalue weighted by Gasteiger charge is 2.09. The summed E-state index contributed by atoms with van der Waals surface area (Å²) in [7, 11) is 0. The van der Waals surface area contributed by atoms with Crippen LogP contribution in [0.1, 0.15) is 25.8 Å². The van der Waals surface area contributed by atoms with Gasteiger partial charge in [0.2, 0.25) is 5.91 Å². The number of fused-ring (bicyclic) bond motifs is 1. The van der Waals surface area contributed by atoms with E-state index in [1.807, 2.05) is 43.1 Å². The molecule has 0 N–H and O–H groups in total. The fraction of sp³-hybridized carbons (Fsp3) is 0.375. The van der Waals surface area contributed by atoms with E-state index < -0.39 is 0 Å². The predicted molar refractivity (Wildman–Crippen MR) is 78.0 cm³/mol. The van der Waals surface area contributed by atoms with Gasteiger partial charge in [-0.05, 0) is 38.0 Å². The average Bonchev–Trinajstić information content (AvgIpc) is 2.46. The maximum absolute atomic E-state index is 11.9. The molecular weight excluding hydrogens is 236 g/mol. The van der Waals surface area contributed by atoms with Gasteiger partial charge in [0.15, 0.2) is 0 Å². The Bertz CT molecular complexity index is 561. The van der Waals surface area contributed by atoms with Gasteiger partial charge < -0.3 is 4.90 Å². The normalized spacial score (nSPS) is 10.6. The van der Waals surface area contributed by atoms with Gasteiger partial charge in [-0.2, -0.15) is 0 Å². The number of aryl methyl sites for hydroxylation is 1. The van der Waals surface area contributed by atoms with Crippen molar-refractivity contribution in [2.45, 2.75) is 26.7 Å². The molecule has 0 spiro atoms. The molecular formula is C16H20N2O. The molecule has 1 heterocycles. The smallest absolute Gasteiger partial charge is 0.222 e. The molecule has 19 heavy (non-hydrogen) atoms. The Labute approximate surface area is 114 Å². The van der Waals surface area contributed by atoms with Crippen LogP contribution >= 0.6 is 0 Å². The summed E-state index contributed by atoms with van der Waals surface area (Å²) in [5, 5.41) is 1.13. The Kier molecular flexibility index (Phi) is 4.50. The van der Waals surface area contributed by atoms with E-state index in [-0.39, 0.29) is 5.91 Å². The van der Waals surface area contributed by atoms with Crippen molar-refractivity contribution in [2.75, 3.05) is 13.1 Å². The third kappa shape index (κ3) is 3.31. The Hall–Kier alpha value is -1.90. The average molecular weight is 256 g/mol. The van der Waals surface area contributed by atoms with E-state index in [4.69, 9.17) is 0 Å². The zero-order chi connectivity index (χ0) is 13.7. The van der Waals surface area contributed by atoms with Crippen molar-refractivity contribution in [3.8, 4) is 0 Å². The van der Waals surface area contributed by atoms with Crippen molar-refractivity contribution in [3.63, 3.8) is 0 Å². The Morgan fingerprint density at radius 1 is 1.21 bits per heavy atom. The summed E-state index contributed by atoms with van der Waals surface area (Å²) in [5.74, 6) is 0.221. The van der Waals surface area contributed by atoms with E-state index in [1.54, 1.807) is 0 Å². The second-order valence-corrected chi connectivity index (χ2v) is 4.60. The van der Waals surface area contributed by atoms with E-state index in [0.29, 0.717) is 6.42 Å². The molecule has 0 bridgehead atoms. The summed E-state index contributed by atoms with van der Waals surface area (Å²) in [5.41, 5.74) is 2.13. The number of benzene rings is 1. The van der Waals surface area contributed by atoms with E-state index in [0.717, 1.165) is 36.0 Å². The van der Waals surface area contributed by atoms with Crippen LogP contribution in [0.3, 0.4) is 0 Å². The van der Waals surface area contributed by atoms with Crippen LogP contribution in [0.25, 0.3) is 10.9 Å². The number of carbonyl (C=O) groups excluding carboxylic acids is 1.